The van der Waals surface area contributed by atoms with E-state index in [0.717, 1.165) is 0 Å². The van der Waals surface area contributed by atoms with E-state index in [1.165, 1.54) is 12.1 Å². The Labute approximate surface area is 237 Å². The van der Waals surface area contributed by atoms with Gasteiger partial charge in [0.25, 0.3) is 0 Å². The van der Waals surface area contributed by atoms with Crippen molar-refractivity contribution in [2.24, 2.45) is 22.5 Å². The molecule has 40 heavy (non-hydrogen) atoms. The standard InChI is InChI=1S/C30H47NO9/c1-11-30(9,10)40-27(36)37-17-18(2)24(25(31)26(34)35)19-12-13-20(38-22(32)15-28(3,4)5)21(14-19)39-23(33)16-29(6,7)8/h12-14,18,24-25H,11,15-17,31H2,1-10H3,(H,34,35)/t18?,24?,25-/m0/s1. The van der Waals surface area contributed by atoms with E-state index >= 15 is 0 Å². The summed E-state index contributed by atoms with van der Waals surface area (Å²) in [4.78, 5) is 49.4. The van der Waals surface area contributed by atoms with Crippen molar-refractivity contribution in [3.63, 3.8) is 0 Å². The topological polar surface area (TPSA) is 151 Å². The number of carboxylic acids is 1. The van der Waals surface area contributed by atoms with Gasteiger partial charge < -0.3 is 29.8 Å². The van der Waals surface area contributed by atoms with Crippen molar-refractivity contribution in [2.75, 3.05) is 6.61 Å². The zero-order chi connectivity index (χ0) is 31.1. The first-order valence-corrected chi connectivity index (χ1v) is 13.5. The molecule has 0 saturated heterocycles. The monoisotopic (exact) mass is 565 g/mol. The van der Waals surface area contributed by atoms with Crippen LogP contribution in [0.15, 0.2) is 18.2 Å². The molecule has 0 aliphatic carbocycles. The number of aliphatic carboxylic acids is 1. The summed E-state index contributed by atoms with van der Waals surface area (Å²) in [5, 5.41) is 9.74. The maximum absolute atomic E-state index is 12.7. The van der Waals surface area contributed by atoms with E-state index in [9.17, 15) is 24.3 Å². The molecule has 10 heteroatoms. The van der Waals surface area contributed by atoms with E-state index in [1.807, 2.05) is 48.5 Å². The van der Waals surface area contributed by atoms with Crippen LogP contribution in [-0.2, 0) is 23.9 Å². The van der Waals surface area contributed by atoms with Crippen molar-refractivity contribution >= 4 is 24.1 Å². The Morgan fingerprint density at radius 1 is 0.875 bits per heavy atom. The molecule has 10 nitrogen and oxygen atoms in total. The zero-order valence-corrected chi connectivity index (χ0v) is 25.6. The van der Waals surface area contributed by atoms with Crippen molar-refractivity contribution in [1.29, 1.82) is 0 Å². The minimum absolute atomic E-state index is 0.0252. The highest BCUT2D eigenvalue weighted by atomic mass is 16.7. The van der Waals surface area contributed by atoms with E-state index in [4.69, 9.17) is 24.7 Å². The molecule has 1 aromatic carbocycles. The fourth-order valence-corrected chi connectivity index (χ4v) is 3.75. The van der Waals surface area contributed by atoms with E-state index in [2.05, 4.69) is 0 Å². The van der Waals surface area contributed by atoms with E-state index < -0.39 is 47.5 Å². The summed E-state index contributed by atoms with van der Waals surface area (Å²) in [5.41, 5.74) is 5.07. The van der Waals surface area contributed by atoms with Crippen LogP contribution >= 0.6 is 0 Å². The highest BCUT2D eigenvalue weighted by Gasteiger charge is 2.33. The average Bonchev–Trinajstić information content (AvgIpc) is 2.76. The molecule has 3 atom stereocenters. The maximum Gasteiger partial charge on any atom is 0.508 e. The Kier molecular flexibility index (Phi) is 12.2. The fraction of sp³-hybridized carbons (Fsp3) is 0.667. The number of hydrogen-bond acceptors (Lipinski definition) is 9. The minimum atomic E-state index is -1.38. The third kappa shape index (κ3) is 12.4. The van der Waals surface area contributed by atoms with Crippen LogP contribution in [0.2, 0.25) is 0 Å². The molecule has 2 unspecified atom stereocenters. The third-order valence-corrected chi connectivity index (χ3v) is 6.11. The second-order valence-corrected chi connectivity index (χ2v) is 13.3. The number of hydrogen-bond donors (Lipinski definition) is 2. The van der Waals surface area contributed by atoms with Gasteiger partial charge in [-0.1, -0.05) is 61.5 Å². The summed E-state index contributed by atoms with van der Waals surface area (Å²) in [6, 6.07) is 3.07. The number of ether oxygens (including phenoxy) is 4. The molecule has 0 saturated carbocycles. The van der Waals surface area contributed by atoms with Gasteiger partial charge in [0.2, 0.25) is 0 Å². The normalized spacial score (nSPS) is 14.5. The number of carbonyl (C=O) groups excluding carboxylic acids is 3. The predicted octanol–water partition coefficient (Wildman–Crippen LogP) is 5.84. The van der Waals surface area contributed by atoms with Gasteiger partial charge in [0.05, 0.1) is 19.4 Å². The Hall–Kier alpha value is -3.14. The number of rotatable bonds is 12. The first-order valence-electron chi connectivity index (χ1n) is 13.5. The summed E-state index contributed by atoms with van der Waals surface area (Å²) in [7, 11) is 0. The number of esters is 2. The van der Waals surface area contributed by atoms with Gasteiger partial charge in [-0.05, 0) is 54.7 Å². The van der Waals surface area contributed by atoms with Gasteiger partial charge in [-0.25, -0.2) is 4.79 Å². The Morgan fingerprint density at radius 2 is 1.38 bits per heavy atom. The highest BCUT2D eigenvalue weighted by Crippen LogP contribution is 2.37. The van der Waals surface area contributed by atoms with Crippen LogP contribution in [0.1, 0.15) is 100.0 Å². The molecule has 0 heterocycles. The summed E-state index contributed by atoms with van der Waals surface area (Å²) in [5.74, 6) is -3.76. The molecule has 0 fully saturated rings. The Morgan fingerprint density at radius 3 is 1.82 bits per heavy atom. The quantitative estimate of drug-likeness (QED) is 0.233. The van der Waals surface area contributed by atoms with Crippen molar-refractivity contribution in [3.05, 3.63) is 23.8 Å². The molecular formula is C30H47NO9. The molecule has 0 aromatic heterocycles. The lowest BCUT2D eigenvalue weighted by Crippen LogP contribution is -2.41. The van der Waals surface area contributed by atoms with Gasteiger partial charge in [0.15, 0.2) is 11.5 Å². The van der Waals surface area contributed by atoms with Gasteiger partial charge in [0.1, 0.15) is 11.6 Å². The second-order valence-electron chi connectivity index (χ2n) is 13.3. The lowest BCUT2D eigenvalue weighted by atomic mass is 9.82. The van der Waals surface area contributed by atoms with Gasteiger partial charge in [-0.2, -0.15) is 0 Å². The van der Waals surface area contributed by atoms with Crippen LogP contribution in [0.3, 0.4) is 0 Å². The van der Waals surface area contributed by atoms with Gasteiger partial charge in [0, 0.05) is 5.92 Å². The van der Waals surface area contributed by atoms with Crippen molar-refractivity contribution in [2.45, 2.75) is 106 Å². The largest absolute Gasteiger partial charge is 0.508 e. The van der Waals surface area contributed by atoms with E-state index in [0.29, 0.717) is 12.0 Å². The van der Waals surface area contributed by atoms with Crippen molar-refractivity contribution < 1.29 is 43.2 Å². The number of nitrogens with two attached hydrogens (primary N) is 1. The van der Waals surface area contributed by atoms with Gasteiger partial charge >= 0.3 is 24.1 Å². The molecule has 226 valence electrons. The smallest absolute Gasteiger partial charge is 0.480 e. The van der Waals surface area contributed by atoms with Crippen LogP contribution < -0.4 is 15.2 Å². The summed E-state index contributed by atoms with van der Waals surface area (Å²) in [6.07, 6.45) is -0.0893. The second kappa shape index (κ2) is 14.0. The maximum atomic E-state index is 12.7. The molecule has 0 aliphatic rings. The molecule has 0 bridgehead atoms. The molecule has 0 radical (unpaired) electrons. The fourth-order valence-electron chi connectivity index (χ4n) is 3.75. The number of benzene rings is 1. The minimum Gasteiger partial charge on any atom is -0.480 e. The van der Waals surface area contributed by atoms with Crippen molar-refractivity contribution in [3.8, 4) is 11.5 Å². The van der Waals surface area contributed by atoms with Crippen LogP contribution in [0.25, 0.3) is 0 Å². The summed E-state index contributed by atoms with van der Waals surface area (Å²) < 4.78 is 21.7. The Balaban J connectivity index is 3.39. The lowest BCUT2D eigenvalue weighted by molar-refractivity contribution is -0.140. The first-order chi connectivity index (χ1) is 18.1. The molecule has 1 rings (SSSR count). The zero-order valence-electron chi connectivity index (χ0n) is 25.6. The van der Waals surface area contributed by atoms with E-state index in [-0.39, 0.29) is 41.8 Å². The summed E-state index contributed by atoms with van der Waals surface area (Å²) in [6.45, 7) is 18.2. The molecule has 0 aliphatic heterocycles. The molecule has 3 N–H and O–H groups in total. The first kappa shape index (κ1) is 34.9. The van der Waals surface area contributed by atoms with Gasteiger partial charge in [-0.15, -0.1) is 0 Å². The summed E-state index contributed by atoms with van der Waals surface area (Å²) >= 11 is 0. The highest BCUT2D eigenvalue weighted by molar-refractivity contribution is 5.78. The predicted molar refractivity (Wildman–Crippen MR) is 150 cm³/mol. The van der Waals surface area contributed by atoms with Crippen LogP contribution in [0.4, 0.5) is 4.79 Å². The number of carbonyl (C=O) groups is 4. The lowest BCUT2D eigenvalue weighted by Gasteiger charge is -2.29. The van der Waals surface area contributed by atoms with Gasteiger partial charge in [-0.3, -0.25) is 14.4 Å². The molecule has 1 aromatic rings. The van der Waals surface area contributed by atoms with Crippen LogP contribution in [0, 0.1) is 16.7 Å². The van der Waals surface area contributed by atoms with Crippen LogP contribution in [0.5, 0.6) is 11.5 Å². The van der Waals surface area contributed by atoms with E-state index in [1.54, 1.807) is 26.8 Å². The third-order valence-electron chi connectivity index (χ3n) is 6.11. The SMILES string of the molecule is CCC(C)(C)OC(=O)OCC(C)C(c1ccc(OC(=O)CC(C)(C)C)c(OC(=O)CC(C)(C)C)c1)[C@H](N)C(=O)O. The molecule has 0 spiro atoms. The number of carboxylic acid groups (broad SMARTS) is 1. The van der Waals surface area contributed by atoms with Crippen LogP contribution in [-0.4, -0.2) is 47.4 Å². The molecular weight excluding hydrogens is 518 g/mol. The average molecular weight is 566 g/mol. The molecule has 0 amide bonds. The van der Waals surface area contributed by atoms with Crippen molar-refractivity contribution in [1.82, 2.24) is 0 Å². The Bertz CT molecular complexity index is 1050.